The number of carbonyl (C=O) groups is 2. The fraction of sp³-hybridized carbons (Fsp3) is 0.188. The molecule has 11 heteroatoms. The number of esters is 1. The molecular weight excluding hydrogens is 414 g/mol. The Morgan fingerprint density at radius 3 is 2.70 bits per heavy atom. The lowest BCUT2D eigenvalue weighted by Gasteiger charge is -2.05. The second-order valence-corrected chi connectivity index (χ2v) is 7.93. The number of amides is 1. The topological polar surface area (TPSA) is 104 Å². The van der Waals surface area contributed by atoms with Crippen molar-refractivity contribution in [3.05, 3.63) is 54.5 Å². The van der Waals surface area contributed by atoms with Gasteiger partial charge in [0.15, 0.2) is 4.80 Å². The predicted molar refractivity (Wildman–Crippen MR) is 102 cm³/mol. The third-order valence-corrected chi connectivity index (χ3v) is 5.73. The van der Waals surface area contributed by atoms with Gasteiger partial charge in [0.25, 0.3) is 11.6 Å². The lowest BCUT2D eigenvalue weighted by molar-refractivity contribution is -0.384. The number of nitro benzene ring substituents is 1. The van der Waals surface area contributed by atoms with Gasteiger partial charge < -0.3 is 9.30 Å². The van der Waals surface area contributed by atoms with Crippen LogP contribution in [-0.4, -0.2) is 28.0 Å². The molecule has 0 bridgehead atoms. The van der Waals surface area contributed by atoms with E-state index in [4.69, 9.17) is 16.3 Å². The zero-order valence-corrected chi connectivity index (χ0v) is 16.3. The van der Waals surface area contributed by atoms with E-state index in [0.717, 1.165) is 22.7 Å². The molecule has 0 saturated carbocycles. The second-order valence-electron chi connectivity index (χ2n) is 5.21. The highest BCUT2D eigenvalue weighted by Crippen LogP contribution is 2.24. The van der Waals surface area contributed by atoms with Crippen molar-refractivity contribution < 1.29 is 19.2 Å². The molecule has 0 aliphatic carbocycles. The Balaban J connectivity index is 2.15. The first-order valence-corrected chi connectivity index (χ1v) is 9.68. The van der Waals surface area contributed by atoms with Gasteiger partial charge in [0.2, 0.25) is 0 Å². The molecule has 0 fully saturated rings. The number of nitro groups is 1. The van der Waals surface area contributed by atoms with Crippen LogP contribution in [0.1, 0.15) is 16.6 Å². The van der Waals surface area contributed by atoms with Gasteiger partial charge in [0, 0.05) is 12.1 Å². The van der Waals surface area contributed by atoms with Crippen molar-refractivity contribution in [1.29, 1.82) is 0 Å². The van der Waals surface area contributed by atoms with E-state index < -0.39 is 16.8 Å². The molecule has 3 aromatic rings. The number of ether oxygens (including phenoxy) is 1. The first-order valence-electron chi connectivity index (χ1n) is 7.67. The van der Waals surface area contributed by atoms with Crippen molar-refractivity contribution >= 4 is 62.1 Å². The maximum Gasteiger partial charge on any atom is 0.326 e. The summed E-state index contributed by atoms with van der Waals surface area (Å²) in [4.78, 5) is 39.6. The molecular formula is C16H12ClN3O5S2. The van der Waals surface area contributed by atoms with Gasteiger partial charge in [-0.05, 0) is 25.1 Å². The SMILES string of the molecule is CCOC(=O)Cn1c(=NC(=O)c2ccc(Cl)s2)sc2ccc([N+](=O)[O-])cc21. The van der Waals surface area contributed by atoms with Crippen LogP contribution in [0.2, 0.25) is 4.34 Å². The fourth-order valence-electron chi connectivity index (χ4n) is 2.32. The van der Waals surface area contributed by atoms with Crippen molar-refractivity contribution in [2.75, 3.05) is 6.61 Å². The normalized spacial score (nSPS) is 11.7. The van der Waals surface area contributed by atoms with E-state index in [-0.39, 0.29) is 23.6 Å². The van der Waals surface area contributed by atoms with Crippen molar-refractivity contribution in [2.24, 2.45) is 4.99 Å². The number of fused-ring (bicyclic) bond motifs is 1. The molecule has 0 radical (unpaired) electrons. The van der Waals surface area contributed by atoms with E-state index in [1.54, 1.807) is 25.1 Å². The molecule has 140 valence electrons. The number of thiophene rings is 1. The molecule has 1 aromatic carbocycles. The number of nitrogens with zero attached hydrogens (tertiary/aromatic N) is 3. The number of non-ortho nitro benzene ring substituents is 1. The molecule has 0 N–H and O–H groups in total. The van der Waals surface area contributed by atoms with Crippen LogP contribution < -0.4 is 4.80 Å². The number of aromatic nitrogens is 1. The van der Waals surface area contributed by atoms with E-state index in [1.165, 1.54) is 16.7 Å². The Morgan fingerprint density at radius 1 is 1.30 bits per heavy atom. The van der Waals surface area contributed by atoms with Gasteiger partial charge >= 0.3 is 5.97 Å². The monoisotopic (exact) mass is 425 g/mol. The molecule has 1 amide bonds. The standard InChI is InChI=1S/C16H12ClN3O5S2/c1-2-25-14(21)8-19-10-7-9(20(23)24)3-4-11(10)27-16(19)18-15(22)12-5-6-13(17)26-12/h3-7H,2,8H2,1H3. The zero-order chi connectivity index (χ0) is 19.6. The Bertz CT molecular complexity index is 1110. The average Bonchev–Trinajstić information content (AvgIpc) is 3.19. The number of hydrogen-bond acceptors (Lipinski definition) is 7. The maximum atomic E-state index is 12.4. The first kappa shape index (κ1) is 19.2. The predicted octanol–water partition coefficient (Wildman–Crippen LogP) is 3.63. The van der Waals surface area contributed by atoms with E-state index in [1.807, 2.05) is 0 Å². The summed E-state index contributed by atoms with van der Waals surface area (Å²) in [5, 5.41) is 11.1. The fourth-order valence-corrected chi connectivity index (χ4v) is 4.25. The highest BCUT2D eigenvalue weighted by Gasteiger charge is 2.16. The van der Waals surface area contributed by atoms with E-state index in [2.05, 4.69) is 4.99 Å². The number of halogens is 1. The minimum atomic E-state index is -0.531. The average molecular weight is 426 g/mol. The number of rotatable bonds is 5. The summed E-state index contributed by atoms with van der Waals surface area (Å²) < 4.78 is 7.51. The van der Waals surface area contributed by atoms with Gasteiger partial charge in [-0.3, -0.25) is 19.7 Å². The molecule has 0 spiro atoms. The molecule has 0 aliphatic rings. The Kier molecular flexibility index (Phi) is 5.68. The summed E-state index contributed by atoms with van der Waals surface area (Å²) in [6.45, 7) is 1.65. The van der Waals surface area contributed by atoms with Crippen molar-refractivity contribution in [3.8, 4) is 0 Å². The smallest absolute Gasteiger partial charge is 0.326 e. The van der Waals surface area contributed by atoms with Crippen LogP contribution in [-0.2, 0) is 16.1 Å². The summed E-state index contributed by atoms with van der Waals surface area (Å²) >= 11 is 8.09. The van der Waals surface area contributed by atoms with Crippen molar-refractivity contribution in [3.63, 3.8) is 0 Å². The first-order chi connectivity index (χ1) is 12.9. The number of benzene rings is 1. The number of hydrogen-bond donors (Lipinski definition) is 0. The van der Waals surface area contributed by atoms with Gasteiger partial charge in [-0.15, -0.1) is 11.3 Å². The zero-order valence-electron chi connectivity index (χ0n) is 13.9. The number of thiazole rings is 1. The van der Waals surface area contributed by atoms with Crippen LogP contribution in [0, 0.1) is 10.1 Å². The summed E-state index contributed by atoms with van der Waals surface area (Å²) in [5.74, 6) is -1.04. The van der Waals surface area contributed by atoms with Gasteiger partial charge in [0.05, 0.1) is 31.0 Å². The summed E-state index contributed by atoms with van der Waals surface area (Å²) in [6, 6.07) is 7.42. The summed E-state index contributed by atoms with van der Waals surface area (Å²) in [5.41, 5.74) is 0.304. The van der Waals surface area contributed by atoms with Gasteiger partial charge in [-0.2, -0.15) is 4.99 Å². The summed E-state index contributed by atoms with van der Waals surface area (Å²) in [7, 11) is 0. The van der Waals surface area contributed by atoms with Crippen LogP contribution in [0.25, 0.3) is 10.2 Å². The largest absolute Gasteiger partial charge is 0.465 e. The Hall–Kier alpha value is -2.56. The molecule has 8 nitrogen and oxygen atoms in total. The van der Waals surface area contributed by atoms with E-state index in [9.17, 15) is 19.7 Å². The third kappa shape index (κ3) is 4.24. The third-order valence-electron chi connectivity index (χ3n) is 3.45. The molecule has 0 aliphatic heterocycles. The molecule has 0 saturated heterocycles. The molecule has 2 aromatic heterocycles. The lowest BCUT2D eigenvalue weighted by Crippen LogP contribution is -2.23. The Morgan fingerprint density at radius 2 is 2.07 bits per heavy atom. The number of carbonyl (C=O) groups excluding carboxylic acids is 2. The molecule has 2 heterocycles. The molecule has 3 rings (SSSR count). The second kappa shape index (κ2) is 7.99. The molecule has 0 atom stereocenters. The highest BCUT2D eigenvalue weighted by atomic mass is 35.5. The van der Waals surface area contributed by atoms with E-state index >= 15 is 0 Å². The van der Waals surface area contributed by atoms with Crippen LogP contribution in [0.15, 0.2) is 35.3 Å². The summed E-state index contributed by atoms with van der Waals surface area (Å²) in [6.07, 6.45) is 0. The van der Waals surface area contributed by atoms with Crippen molar-refractivity contribution in [1.82, 2.24) is 4.57 Å². The minimum Gasteiger partial charge on any atom is -0.465 e. The van der Waals surface area contributed by atoms with Gasteiger partial charge in [0.1, 0.15) is 6.54 Å². The van der Waals surface area contributed by atoms with E-state index in [0.29, 0.717) is 19.4 Å². The van der Waals surface area contributed by atoms with Crippen LogP contribution in [0.3, 0.4) is 0 Å². The highest BCUT2D eigenvalue weighted by molar-refractivity contribution is 7.18. The van der Waals surface area contributed by atoms with Gasteiger partial charge in [-0.1, -0.05) is 22.9 Å². The lowest BCUT2D eigenvalue weighted by atomic mass is 10.3. The molecule has 27 heavy (non-hydrogen) atoms. The quantitative estimate of drug-likeness (QED) is 0.352. The van der Waals surface area contributed by atoms with Crippen molar-refractivity contribution in [2.45, 2.75) is 13.5 Å². The van der Waals surface area contributed by atoms with Gasteiger partial charge in [-0.25, -0.2) is 0 Å². The van der Waals surface area contributed by atoms with Crippen LogP contribution in [0.5, 0.6) is 0 Å². The molecule has 0 unspecified atom stereocenters. The minimum absolute atomic E-state index is 0.124. The Labute approximate surface area is 165 Å². The maximum absolute atomic E-state index is 12.4. The van der Waals surface area contributed by atoms with Crippen LogP contribution in [0.4, 0.5) is 5.69 Å². The van der Waals surface area contributed by atoms with Crippen LogP contribution >= 0.6 is 34.3 Å².